The Morgan fingerprint density at radius 3 is 1.29 bits per heavy atom. The number of hydrogen-bond donors (Lipinski definition) is 0. The summed E-state index contributed by atoms with van der Waals surface area (Å²) in [6.07, 6.45) is 0. The second kappa shape index (κ2) is 8.57. The molecule has 0 aliphatic rings. The zero-order valence-electron chi connectivity index (χ0n) is 12.6. The lowest BCUT2D eigenvalue weighted by molar-refractivity contribution is -0.468. The van der Waals surface area contributed by atoms with Gasteiger partial charge in [0.05, 0.1) is 0 Å². The van der Waals surface area contributed by atoms with Gasteiger partial charge in [0.15, 0.2) is 18.0 Å². The molecule has 0 amide bonds. The topological polar surface area (TPSA) is 57.2 Å². The average molecular weight is 470 g/mol. The molecule has 3 nitrogen and oxygen atoms in total. The predicted molar refractivity (Wildman–Crippen MR) is 78.0 cm³/mol. The Hall–Kier alpha value is -0.0162. The van der Waals surface area contributed by atoms with Crippen LogP contribution >= 0.6 is 0 Å². The molecule has 0 unspecified atom stereocenters. The van der Waals surface area contributed by atoms with Crippen LogP contribution in [0, 0.1) is 18.9 Å². The Labute approximate surface area is 137 Å². The van der Waals surface area contributed by atoms with Crippen molar-refractivity contribution in [3.05, 3.63) is 0 Å². The Kier molecular flexibility index (Phi) is 9.49. The van der Waals surface area contributed by atoms with Crippen LogP contribution in [0.4, 0.5) is 13.2 Å². The fourth-order valence-corrected chi connectivity index (χ4v) is 6.81. The summed E-state index contributed by atoms with van der Waals surface area (Å²) in [5.41, 5.74) is 1.07. The molecule has 0 aliphatic heterocycles. The number of alkyl halides is 3. The van der Waals surface area contributed by atoms with E-state index in [9.17, 15) is 13.2 Å². The van der Waals surface area contributed by atoms with Crippen LogP contribution in [0.1, 0.15) is 0 Å². The summed E-state index contributed by atoms with van der Waals surface area (Å²) in [5.74, 6) is 0. The molecule has 0 aromatic carbocycles. The summed E-state index contributed by atoms with van der Waals surface area (Å²) >= 11 is -0.160. The quantitative estimate of drug-likeness (QED) is 0.162. The summed E-state index contributed by atoms with van der Waals surface area (Å²) in [5, 5.41) is 0. The fraction of sp³-hybridized carbons (Fsp3) is 0.636. The minimum absolute atomic E-state index is 0.160. The van der Waals surface area contributed by atoms with E-state index in [1.807, 2.05) is 0 Å². The first-order chi connectivity index (χ1) is 8.96. The van der Waals surface area contributed by atoms with Gasteiger partial charge in [-0.2, -0.15) is 13.2 Å². The normalized spacial score (nSPS) is 12.1. The maximum atomic E-state index is 10.7. The molecule has 0 aliphatic carbocycles. The van der Waals surface area contributed by atoms with Crippen molar-refractivity contribution in [3.63, 3.8) is 0 Å². The van der Waals surface area contributed by atoms with Gasteiger partial charge in [0.1, 0.15) is 16.1 Å². The lowest BCUT2D eigenvalue weighted by Gasteiger charge is -2.08. The summed E-state index contributed by atoms with van der Waals surface area (Å²) < 4.78 is 65.4. The van der Waals surface area contributed by atoms with Crippen molar-refractivity contribution < 1.29 is 47.3 Å². The van der Waals surface area contributed by atoms with Crippen molar-refractivity contribution in [1.82, 2.24) is 0 Å². The van der Waals surface area contributed by atoms with E-state index in [1.165, 1.54) is 0 Å². The molecule has 0 heterocycles. The van der Waals surface area contributed by atoms with Crippen molar-refractivity contribution in [2.75, 3.05) is 0 Å². The van der Waals surface area contributed by atoms with Gasteiger partial charge < -0.3 is 4.55 Å². The molecule has 0 radical (unpaired) electrons. The van der Waals surface area contributed by atoms with Crippen LogP contribution in [0.5, 0.6) is 0 Å². The molecular formula is C11H18F3IO3SSi2. The molecule has 0 saturated carbocycles. The van der Waals surface area contributed by atoms with Crippen molar-refractivity contribution >= 4 is 26.3 Å². The van der Waals surface area contributed by atoms with Gasteiger partial charge in [0.2, 0.25) is 0 Å². The van der Waals surface area contributed by atoms with Gasteiger partial charge in [0, 0.05) is 0 Å². The molecule has 10 heteroatoms. The van der Waals surface area contributed by atoms with E-state index in [-0.39, 0.29) is 21.2 Å². The van der Waals surface area contributed by atoms with Crippen molar-refractivity contribution in [2.45, 2.75) is 44.8 Å². The van der Waals surface area contributed by atoms with Crippen LogP contribution < -0.4 is 21.2 Å². The Morgan fingerprint density at radius 2 is 1.14 bits per heavy atom. The van der Waals surface area contributed by atoms with Crippen LogP contribution in [-0.2, 0) is 10.1 Å². The van der Waals surface area contributed by atoms with E-state index < -0.39 is 31.8 Å². The van der Waals surface area contributed by atoms with E-state index >= 15 is 0 Å². The molecule has 0 bridgehead atoms. The van der Waals surface area contributed by atoms with Gasteiger partial charge in [-0.05, 0) is 0 Å². The first-order valence-corrected chi connectivity index (χ1v) is 16.2. The summed E-state index contributed by atoms with van der Waals surface area (Å²) in [7, 11) is -8.38. The van der Waals surface area contributed by atoms with Gasteiger partial charge in [-0.25, -0.2) is 8.42 Å². The first kappa shape index (κ1) is 23.3. The summed E-state index contributed by atoms with van der Waals surface area (Å²) in [6, 6.07) is 0. The molecule has 21 heavy (non-hydrogen) atoms. The highest BCUT2D eigenvalue weighted by atomic mass is 127. The molecule has 0 atom stereocenters. The highest BCUT2D eigenvalue weighted by Gasteiger charge is 2.36. The molecule has 0 aromatic heterocycles. The molecule has 0 aromatic rings. The highest BCUT2D eigenvalue weighted by molar-refractivity contribution is 7.86. The lowest BCUT2D eigenvalue weighted by atomic mass is 11.4. The Bertz CT molecular complexity index is 522. The second-order valence-corrected chi connectivity index (χ2v) is 18.4. The molecule has 0 spiro atoms. The van der Waals surface area contributed by atoms with Crippen molar-refractivity contribution in [1.29, 1.82) is 0 Å². The minimum atomic E-state index is -6.09. The van der Waals surface area contributed by atoms with E-state index in [0.717, 1.165) is 0 Å². The smallest absolute Gasteiger partial charge is 0.485 e. The first-order valence-electron chi connectivity index (χ1n) is 5.65. The predicted octanol–water partition coefficient (Wildman–Crippen LogP) is -0.197. The number of halogens is 4. The summed E-state index contributed by atoms with van der Waals surface area (Å²) in [4.78, 5) is 0. The SMILES string of the molecule is C[Si](C)(C)C#C[I+]C#C[Si](C)(C)C.O=S(=O)([O-])C(F)(F)F. The van der Waals surface area contributed by atoms with Crippen LogP contribution in [-0.4, -0.2) is 34.6 Å². The van der Waals surface area contributed by atoms with E-state index in [1.54, 1.807) is 0 Å². The van der Waals surface area contributed by atoms with Gasteiger partial charge in [-0.1, -0.05) is 50.4 Å². The Morgan fingerprint density at radius 1 is 0.905 bits per heavy atom. The van der Waals surface area contributed by atoms with Gasteiger partial charge in [-0.3, -0.25) is 0 Å². The van der Waals surface area contributed by atoms with E-state index in [2.05, 4.69) is 58.2 Å². The highest BCUT2D eigenvalue weighted by Crippen LogP contribution is 2.20. The molecule has 0 saturated heterocycles. The number of hydrogen-bond acceptors (Lipinski definition) is 3. The zero-order chi connectivity index (χ0) is 17.5. The van der Waals surface area contributed by atoms with Crippen LogP contribution in [0.3, 0.4) is 0 Å². The summed E-state index contributed by atoms with van der Waals surface area (Å²) in [6.45, 7) is 13.6. The van der Waals surface area contributed by atoms with Crippen LogP contribution in [0.15, 0.2) is 0 Å². The van der Waals surface area contributed by atoms with E-state index in [4.69, 9.17) is 13.0 Å². The Balaban J connectivity index is 0. The third-order valence-electron chi connectivity index (χ3n) is 1.22. The molecule has 0 fully saturated rings. The van der Waals surface area contributed by atoms with Crippen molar-refractivity contribution in [3.8, 4) is 18.9 Å². The average Bonchev–Trinajstić information content (AvgIpc) is 2.10. The van der Waals surface area contributed by atoms with Gasteiger partial charge >= 0.3 is 26.7 Å². The second-order valence-electron chi connectivity index (χ2n) is 5.93. The lowest BCUT2D eigenvalue weighted by Crippen LogP contribution is -3.57. The van der Waals surface area contributed by atoms with E-state index in [0.29, 0.717) is 0 Å². The molecule has 122 valence electrons. The maximum absolute atomic E-state index is 10.7. The van der Waals surface area contributed by atoms with Crippen LogP contribution in [0.25, 0.3) is 0 Å². The van der Waals surface area contributed by atoms with Gasteiger partial charge in [-0.15, -0.1) is 0 Å². The third kappa shape index (κ3) is 17.9. The largest absolute Gasteiger partial charge is 0.741 e. The molecule has 0 rings (SSSR count). The fourth-order valence-electron chi connectivity index (χ4n) is 0.354. The number of rotatable bonds is 0. The maximum Gasteiger partial charge on any atom is 0.485 e. The van der Waals surface area contributed by atoms with Gasteiger partial charge in [0.25, 0.3) is 0 Å². The third-order valence-corrected chi connectivity index (χ3v) is 5.64. The van der Waals surface area contributed by atoms with Crippen LogP contribution in [0.2, 0.25) is 39.3 Å². The zero-order valence-corrected chi connectivity index (χ0v) is 17.6. The standard InChI is InChI=1S/C10H18ISi2.CHF3O3S/c1-12(2,3)9-7-11-8-10-13(4,5)6;2-1(3,4)8(5,6)7/h1-6H3;(H,5,6,7)/q+1;/p-1. The molecule has 0 N–H and O–H groups in total. The van der Waals surface area contributed by atoms with Crippen molar-refractivity contribution in [2.24, 2.45) is 0 Å². The minimum Gasteiger partial charge on any atom is -0.741 e. The monoisotopic (exact) mass is 470 g/mol. The molecular weight excluding hydrogens is 452 g/mol.